The Morgan fingerprint density at radius 2 is 2.07 bits per heavy atom. The fourth-order valence-corrected chi connectivity index (χ4v) is 1.87. The zero-order chi connectivity index (χ0) is 10.9. The van der Waals surface area contributed by atoms with E-state index in [1.165, 1.54) is 38.5 Å². The summed E-state index contributed by atoms with van der Waals surface area (Å²) in [4.78, 5) is 0. The van der Waals surface area contributed by atoms with Crippen LogP contribution in [0.1, 0.15) is 57.3 Å². The van der Waals surface area contributed by atoms with Gasteiger partial charge in [-0.05, 0) is 25.6 Å². The van der Waals surface area contributed by atoms with Gasteiger partial charge in [0.15, 0.2) is 0 Å². The predicted octanol–water partition coefficient (Wildman–Crippen LogP) is 3.90. The van der Waals surface area contributed by atoms with Gasteiger partial charge in [-0.2, -0.15) is 0 Å². The lowest BCUT2D eigenvalue weighted by molar-refractivity contribution is 0.402. The summed E-state index contributed by atoms with van der Waals surface area (Å²) < 4.78 is 5.40. The van der Waals surface area contributed by atoms with Gasteiger partial charge in [0.2, 0.25) is 0 Å². The van der Waals surface area contributed by atoms with Crippen LogP contribution in [0.15, 0.2) is 22.8 Å². The number of unbranched alkanes of at least 4 members (excludes halogenated alkanes) is 4. The maximum absolute atomic E-state index is 5.40. The molecule has 1 unspecified atom stereocenters. The van der Waals surface area contributed by atoms with Gasteiger partial charge in [0, 0.05) is 0 Å². The third-order valence-electron chi connectivity index (χ3n) is 2.83. The van der Waals surface area contributed by atoms with E-state index in [9.17, 15) is 0 Å². The van der Waals surface area contributed by atoms with Crippen LogP contribution in [0.25, 0.3) is 0 Å². The van der Waals surface area contributed by atoms with Crippen molar-refractivity contribution in [1.82, 2.24) is 5.32 Å². The number of hydrogen-bond acceptors (Lipinski definition) is 2. The molecule has 0 fully saturated rings. The maximum Gasteiger partial charge on any atom is 0.120 e. The molecule has 2 heteroatoms. The van der Waals surface area contributed by atoms with E-state index < -0.39 is 0 Å². The molecule has 0 spiro atoms. The Hall–Kier alpha value is -0.760. The summed E-state index contributed by atoms with van der Waals surface area (Å²) in [5, 5.41) is 3.30. The van der Waals surface area contributed by atoms with Crippen LogP contribution >= 0.6 is 0 Å². The Balaban J connectivity index is 2.18. The molecule has 1 aromatic rings. The van der Waals surface area contributed by atoms with Crippen molar-refractivity contribution in [3.05, 3.63) is 24.2 Å². The molecule has 1 aromatic heterocycles. The molecule has 0 radical (unpaired) electrons. The van der Waals surface area contributed by atoms with Crippen LogP contribution in [0.5, 0.6) is 0 Å². The molecule has 1 atom stereocenters. The molecule has 0 amide bonds. The van der Waals surface area contributed by atoms with Gasteiger partial charge in [-0.3, -0.25) is 0 Å². The van der Waals surface area contributed by atoms with E-state index in [1.807, 2.05) is 19.2 Å². The van der Waals surface area contributed by atoms with Crippen molar-refractivity contribution in [3.8, 4) is 0 Å². The largest absolute Gasteiger partial charge is 0.468 e. The lowest BCUT2D eigenvalue weighted by Crippen LogP contribution is -2.15. The first-order valence-electron chi connectivity index (χ1n) is 6.09. The Morgan fingerprint density at radius 1 is 1.27 bits per heavy atom. The Bertz CT molecular complexity index is 231. The van der Waals surface area contributed by atoms with E-state index in [0.29, 0.717) is 6.04 Å². The van der Waals surface area contributed by atoms with Crippen molar-refractivity contribution < 1.29 is 4.42 Å². The highest BCUT2D eigenvalue weighted by Gasteiger charge is 2.10. The lowest BCUT2D eigenvalue weighted by Gasteiger charge is -2.12. The second-order valence-electron chi connectivity index (χ2n) is 4.06. The number of nitrogens with one attached hydrogen (secondary N) is 1. The normalized spacial score (nSPS) is 12.9. The van der Waals surface area contributed by atoms with Crippen LogP contribution in [0.2, 0.25) is 0 Å². The molecule has 0 aromatic carbocycles. The van der Waals surface area contributed by atoms with Crippen LogP contribution in [-0.4, -0.2) is 7.05 Å². The number of rotatable bonds is 8. The van der Waals surface area contributed by atoms with Gasteiger partial charge in [0.05, 0.1) is 12.3 Å². The minimum atomic E-state index is 0.390. The van der Waals surface area contributed by atoms with Crippen molar-refractivity contribution in [2.45, 2.75) is 51.5 Å². The maximum atomic E-state index is 5.40. The van der Waals surface area contributed by atoms with E-state index in [-0.39, 0.29) is 0 Å². The summed E-state index contributed by atoms with van der Waals surface area (Å²) in [6.45, 7) is 2.25. The molecule has 0 aliphatic heterocycles. The average molecular weight is 209 g/mol. The van der Waals surface area contributed by atoms with Crippen molar-refractivity contribution in [2.24, 2.45) is 0 Å². The molecule has 2 nitrogen and oxygen atoms in total. The van der Waals surface area contributed by atoms with Crippen LogP contribution in [0, 0.1) is 0 Å². The molecule has 0 saturated carbocycles. The second kappa shape index (κ2) is 7.52. The highest BCUT2D eigenvalue weighted by Crippen LogP contribution is 2.20. The molecule has 0 aliphatic rings. The van der Waals surface area contributed by atoms with E-state index in [1.54, 1.807) is 6.26 Å². The fourth-order valence-electron chi connectivity index (χ4n) is 1.87. The third kappa shape index (κ3) is 4.52. The van der Waals surface area contributed by atoms with Gasteiger partial charge in [0.1, 0.15) is 5.76 Å². The molecule has 1 N–H and O–H groups in total. The number of hydrogen-bond donors (Lipinski definition) is 1. The molecule has 86 valence electrons. The highest BCUT2D eigenvalue weighted by atomic mass is 16.3. The average Bonchev–Trinajstić information content (AvgIpc) is 2.77. The monoisotopic (exact) mass is 209 g/mol. The van der Waals surface area contributed by atoms with Crippen molar-refractivity contribution in [2.75, 3.05) is 7.05 Å². The van der Waals surface area contributed by atoms with E-state index in [4.69, 9.17) is 4.42 Å². The van der Waals surface area contributed by atoms with Gasteiger partial charge in [-0.25, -0.2) is 0 Å². The Morgan fingerprint density at radius 3 is 2.67 bits per heavy atom. The molecular weight excluding hydrogens is 186 g/mol. The zero-order valence-corrected chi connectivity index (χ0v) is 9.96. The van der Waals surface area contributed by atoms with E-state index in [2.05, 4.69) is 12.2 Å². The topological polar surface area (TPSA) is 25.2 Å². The first kappa shape index (κ1) is 12.3. The zero-order valence-electron chi connectivity index (χ0n) is 9.96. The Kier molecular flexibility index (Phi) is 6.17. The van der Waals surface area contributed by atoms with Gasteiger partial charge < -0.3 is 9.73 Å². The summed E-state index contributed by atoms with van der Waals surface area (Å²) in [5.74, 6) is 1.06. The lowest BCUT2D eigenvalue weighted by atomic mass is 10.0. The van der Waals surface area contributed by atoms with Crippen molar-refractivity contribution >= 4 is 0 Å². The summed E-state index contributed by atoms with van der Waals surface area (Å²) in [7, 11) is 2.00. The molecule has 1 heterocycles. The second-order valence-corrected chi connectivity index (χ2v) is 4.06. The van der Waals surface area contributed by atoms with Crippen molar-refractivity contribution in [1.29, 1.82) is 0 Å². The summed E-state index contributed by atoms with van der Waals surface area (Å²) in [6, 6.07) is 4.39. The molecule has 0 saturated heterocycles. The summed E-state index contributed by atoms with van der Waals surface area (Å²) in [5.41, 5.74) is 0. The fraction of sp³-hybridized carbons (Fsp3) is 0.692. The standard InChI is InChI=1S/C13H23NO/c1-3-4-5-6-7-9-12(14-2)13-10-8-11-15-13/h8,10-12,14H,3-7,9H2,1-2H3. The van der Waals surface area contributed by atoms with Gasteiger partial charge in [-0.15, -0.1) is 0 Å². The molecule has 0 bridgehead atoms. The molecule has 15 heavy (non-hydrogen) atoms. The van der Waals surface area contributed by atoms with Crippen molar-refractivity contribution in [3.63, 3.8) is 0 Å². The highest BCUT2D eigenvalue weighted by molar-refractivity contribution is 5.03. The smallest absolute Gasteiger partial charge is 0.120 e. The van der Waals surface area contributed by atoms with Crippen LogP contribution in [0.3, 0.4) is 0 Å². The van der Waals surface area contributed by atoms with E-state index in [0.717, 1.165) is 5.76 Å². The Labute approximate surface area is 93.1 Å². The number of furan rings is 1. The van der Waals surface area contributed by atoms with Crippen LogP contribution in [-0.2, 0) is 0 Å². The predicted molar refractivity (Wildman–Crippen MR) is 63.9 cm³/mol. The SMILES string of the molecule is CCCCCCCC(NC)c1ccco1. The first-order valence-corrected chi connectivity index (χ1v) is 6.09. The van der Waals surface area contributed by atoms with E-state index >= 15 is 0 Å². The molecular formula is C13H23NO. The molecule has 1 rings (SSSR count). The molecule has 0 aliphatic carbocycles. The van der Waals surface area contributed by atoms with Gasteiger partial charge in [0.25, 0.3) is 0 Å². The minimum absolute atomic E-state index is 0.390. The quantitative estimate of drug-likeness (QED) is 0.657. The van der Waals surface area contributed by atoms with Gasteiger partial charge in [-0.1, -0.05) is 39.0 Å². The third-order valence-corrected chi connectivity index (χ3v) is 2.83. The van der Waals surface area contributed by atoms with Crippen LogP contribution in [0.4, 0.5) is 0 Å². The van der Waals surface area contributed by atoms with Crippen LogP contribution < -0.4 is 5.32 Å². The first-order chi connectivity index (χ1) is 7.38. The minimum Gasteiger partial charge on any atom is -0.468 e. The summed E-state index contributed by atoms with van der Waals surface area (Å²) in [6.07, 6.45) is 9.59. The van der Waals surface area contributed by atoms with Gasteiger partial charge >= 0.3 is 0 Å². The summed E-state index contributed by atoms with van der Waals surface area (Å²) >= 11 is 0.